The van der Waals surface area contributed by atoms with E-state index in [1.807, 2.05) is 30.7 Å². The van der Waals surface area contributed by atoms with Gasteiger partial charge in [0.05, 0.1) is 24.3 Å². The van der Waals surface area contributed by atoms with Crippen molar-refractivity contribution in [2.24, 2.45) is 11.7 Å². The van der Waals surface area contributed by atoms with Crippen LogP contribution in [-0.4, -0.2) is 9.55 Å². The molecule has 0 amide bonds. The van der Waals surface area contributed by atoms with Crippen molar-refractivity contribution in [1.82, 2.24) is 9.55 Å². The molecule has 0 aliphatic heterocycles. The molecule has 1 aromatic carbocycles. The molecule has 19 heavy (non-hydrogen) atoms. The minimum Gasteiger partial charge on any atom is -0.329 e. The molecule has 3 atom stereocenters. The summed E-state index contributed by atoms with van der Waals surface area (Å²) in [6.45, 7) is 2.25. The summed E-state index contributed by atoms with van der Waals surface area (Å²) in [4.78, 5) is 4.31. The number of hydrogen-bond acceptors (Lipinski definition) is 2. The van der Waals surface area contributed by atoms with E-state index in [1.165, 1.54) is 19.3 Å². The molecule has 3 heteroatoms. The number of hydrogen-bond donors (Lipinski definition) is 1. The fourth-order valence-corrected chi connectivity index (χ4v) is 2.92. The van der Waals surface area contributed by atoms with E-state index < -0.39 is 0 Å². The van der Waals surface area contributed by atoms with Crippen molar-refractivity contribution in [3.63, 3.8) is 0 Å². The third-order valence-corrected chi connectivity index (χ3v) is 4.08. The lowest BCUT2D eigenvalue weighted by atomic mass is 10.1. The molecule has 100 valence electrons. The first-order valence-electron chi connectivity index (χ1n) is 7.13. The minimum absolute atomic E-state index is 0.0772. The van der Waals surface area contributed by atoms with Gasteiger partial charge in [-0.15, -0.1) is 0 Å². The van der Waals surface area contributed by atoms with Gasteiger partial charge in [-0.25, -0.2) is 4.98 Å². The molecular weight excluding hydrogens is 234 g/mol. The first-order chi connectivity index (χ1) is 9.31. The Labute approximate surface area is 114 Å². The van der Waals surface area contributed by atoms with Crippen LogP contribution in [0.15, 0.2) is 42.9 Å². The molecule has 1 aromatic heterocycles. The highest BCUT2D eigenvalue weighted by atomic mass is 15.1. The van der Waals surface area contributed by atoms with Crippen molar-refractivity contribution in [2.45, 2.75) is 38.3 Å². The average Bonchev–Trinajstić information content (AvgIpc) is 3.03. The summed E-state index contributed by atoms with van der Waals surface area (Å²) in [5.74, 6) is 0.820. The first kappa shape index (κ1) is 12.4. The molecule has 0 spiro atoms. The van der Waals surface area contributed by atoms with Gasteiger partial charge in [-0.1, -0.05) is 43.7 Å². The van der Waals surface area contributed by atoms with E-state index in [9.17, 15) is 0 Å². The van der Waals surface area contributed by atoms with Crippen LogP contribution >= 0.6 is 0 Å². The summed E-state index contributed by atoms with van der Waals surface area (Å²) in [6, 6.07) is 10.8. The maximum Gasteiger partial charge on any atom is 0.0951 e. The molecular formula is C16H21N3. The Morgan fingerprint density at radius 1 is 1.37 bits per heavy atom. The zero-order chi connectivity index (χ0) is 13.2. The number of nitrogens with zero attached hydrogens (tertiary/aromatic N) is 2. The fraction of sp³-hybridized carbons (Fsp3) is 0.438. The standard InChI is InChI=1S/C16H21N3/c1-2-6-13-9-14(13)19-11-18-10-15(19)16(17)12-7-4-3-5-8-12/h3-5,7-8,10-11,13-14,16H,2,6,9,17H2,1H3. The Bertz CT molecular complexity index is 532. The van der Waals surface area contributed by atoms with Crippen LogP contribution in [0.4, 0.5) is 0 Å². The van der Waals surface area contributed by atoms with Gasteiger partial charge in [-0.2, -0.15) is 0 Å². The second-order valence-electron chi connectivity index (χ2n) is 5.47. The summed E-state index contributed by atoms with van der Waals surface area (Å²) in [7, 11) is 0. The minimum atomic E-state index is -0.0772. The van der Waals surface area contributed by atoms with Crippen molar-refractivity contribution in [3.05, 3.63) is 54.1 Å². The highest BCUT2D eigenvalue weighted by Gasteiger charge is 2.39. The fourth-order valence-electron chi connectivity index (χ4n) is 2.92. The van der Waals surface area contributed by atoms with Crippen molar-refractivity contribution in [1.29, 1.82) is 0 Å². The van der Waals surface area contributed by atoms with Gasteiger partial charge >= 0.3 is 0 Å². The van der Waals surface area contributed by atoms with Crippen molar-refractivity contribution < 1.29 is 0 Å². The van der Waals surface area contributed by atoms with Gasteiger partial charge < -0.3 is 10.3 Å². The van der Waals surface area contributed by atoms with Crippen LogP contribution in [-0.2, 0) is 0 Å². The van der Waals surface area contributed by atoms with Gasteiger partial charge in [-0.05, 0) is 24.3 Å². The Hall–Kier alpha value is -1.61. The van der Waals surface area contributed by atoms with E-state index in [4.69, 9.17) is 5.73 Å². The Balaban J connectivity index is 1.81. The Morgan fingerprint density at radius 3 is 2.89 bits per heavy atom. The van der Waals surface area contributed by atoms with Crippen molar-refractivity contribution >= 4 is 0 Å². The molecule has 0 radical (unpaired) electrons. The second kappa shape index (κ2) is 5.17. The van der Waals surface area contributed by atoms with Gasteiger partial charge in [-0.3, -0.25) is 0 Å². The molecule has 1 fully saturated rings. The van der Waals surface area contributed by atoms with Gasteiger partial charge in [0.15, 0.2) is 0 Å². The second-order valence-corrected chi connectivity index (χ2v) is 5.47. The van der Waals surface area contributed by atoms with Gasteiger partial charge in [0, 0.05) is 6.04 Å². The SMILES string of the molecule is CCCC1CC1n1cncc1C(N)c1ccccc1. The van der Waals surface area contributed by atoms with E-state index in [-0.39, 0.29) is 6.04 Å². The Kier molecular flexibility index (Phi) is 3.38. The zero-order valence-corrected chi connectivity index (χ0v) is 11.4. The molecule has 1 saturated carbocycles. The van der Waals surface area contributed by atoms with E-state index in [0.29, 0.717) is 6.04 Å². The summed E-state index contributed by atoms with van der Waals surface area (Å²) in [5, 5.41) is 0. The number of benzene rings is 1. The lowest BCUT2D eigenvalue weighted by Gasteiger charge is -2.15. The molecule has 3 rings (SSSR count). The predicted molar refractivity (Wildman–Crippen MR) is 76.8 cm³/mol. The molecule has 1 aliphatic carbocycles. The van der Waals surface area contributed by atoms with Crippen LogP contribution in [0.1, 0.15) is 49.5 Å². The highest BCUT2D eigenvalue weighted by Crippen LogP contribution is 2.47. The molecule has 1 heterocycles. The summed E-state index contributed by atoms with van der Waals surface area (Å²) in [6.07, 6.45) is 7.70. The molecule has 2 aromatic rings. The lowest BCUT2D eigenvalue weighted by Crippen LogP contribution is -2.16. The summed E-state index contributed by atoms with van der Waals surface area (Å²) >= 11 is 0. The quantitative estimate of drug-likeness (QED) is 0.891. The van der Waals surface area contributed by atoms with Crippen LogP contribution in [0.2, 0.25) is 0 Å². The smallest absolute Gasteiger partial charge is 0.0951 e. The molecule has 0 bridgehead atoms. The molecule has 2 N–H and O–H groups in total. The van der Waals surface area contributed by atoms with Crippen LogP contribution in [0.3, 0.4) is 0 Å². The van der Waals surface area contributed by atoms with Crippen LogP contribution in [0.25, 0.3) is 0 Å². The average molecular weight is 255 g/mol. The summed E-state index contributed by atoms with van der Waals surface area (Å²) in [5.41, 5.74) is 8.67. The molecule has 0 saturated heterocycles. The summed E-state index contributed by atoms with van der Waals surface area (Å²) < 4.78 is 2.29. The van der Waals surface area contributed by atoms with Crippen LogP contribution in [0, 0.1) is 5.92 Å². The monoisotopic (exact) mass is 255 g/mol. The molecule has 3 unspecified atom stereocenters. The third kappa shape index (κ3) is 2.43. The zero-order valence-electron chi connectivity index (χ0n) is 11.4. The molecule has 1 aliphatic rings. The number of imidazole rings is 1. The van der Waals surface area contributed by atoms with E-state index in [2.05, 4.69) is 28.6 Å². The van der Waals surface area contributed by atoms with Crippen molar-refractivity contribution in [3.8, 4) is 0 Å². The van der Waals surface area contributed by atoms with Crippen molar-refractivity contribution in [2.75, 3.05) is 0 Å². The maximum absolute atomic E-state index is 6.39. The van der Waals surface area contributed by atoms with Crippen LogP contribution < -0.4 is 5.73 Å². The molecule has 3 nitrogen and oxygen atoms in total. The third-order valence-electron chi connectivity index (χ3n) is 4.08. The Morgan fingerprint density at radius 2 is 2.16 bits per heavy atom. The predicted octanol–water partition coefficient (Wildman–Crippen LogP) is 3.29. The number of nitrogens with two attached hydrogens (primary N) is 1. The van der Waals surface area contributed by atoms with Gasteiger partial charge in [0.1, 0.15) is 0 Å². The first-order valence-corrected chi connectivity index (χ1v) is 7.13. The highest BCUT2D eigenvalue weighted by molar-refractivity contribution is 5.27. The largest absolute Gasteiger partial charge is 0.329 e. The van der Waals surface area contributed by atoms with Gasteiger partial charge in [0.25, 0.3) is 0 Å². The number of aromatic nitrogens is 2. The topological polar surface area (TPSA) is 43.8 Å². The lowest BCUT2D eigenvalue weighted by molar-refractivity contribution is 0.580. The van der Waals surface area contributed by atoms with E-state index in [0.717, 1.165) is 17.2 Å². The normalized spacial score (nSPS) is 23.3. The number of rotatable bonds is 5. The van der Waals surface area contributed by atoms with Crippen LogP contribution in [0.5, 0.6) is 0 Å². The van der Waals surface area contributed by atoms with E-state index >= 15 is 0 Å². The maximum atomic E-state index is 6.39. The van der Waals surface area contributed by atoms with E-state index in [1.54, 1.807) is 0 Å². The van der Waals surface area contributed by atoms with Gasteiger partial charge in [0.2, 0.25) is 0 Å².